The number of methoxy groups -OCH3 is 1. The van der Waals surface area contributed by atoms with Crippen LogP contribution < -0.4 is 4.74 Å². The molecule has 0 aliphatic rings. The molecule has 1 N–H and O–H groups in total. The van der Waals surface area contributed by atoms with Crippen LogP contribution in [-0.4, -0.2) is 69.3 Å². The van der Waals surface area contributed by atoms with Gasteiger partial charge in [-0.05, 0) is 30.5 Å². The van der Waals surface area contributed by atoms with Crippen molar-refractivity contribution >= 4 is 19.8 Å². The van der Waals surface area contributed by atoms with Gasteiger partial charge in [-0.1, -0.05) is 57.8 Å². The van der Waals surface area contributed by atoms with Crippen LogP contribution in [-0.2, 0) is 11.5 Å². The summed E-state index contributed by atoms with van der Waals surface area (Å²) in [7, 11) is 1.96. The van der Waals surface area contributed by atoms with Crippen LogP contribution in [0.4, 0.5) is 4.79 Å². The van der Waals surface area contributed by atoms with Crippen molar-refractivity contribution in [2.45, 2.75) is 65.1 Å². The Labute approximate surface area is 236 Å². The maximum atomic E-state index is 11.5. The molecule has 4 rings (SSSR count). The molecule has 0 aliphatic heterocycles. The van der Waals surface area contributed by atoms with E-state index < -0.39 is 14.2 Å². The Kier molecular flexibility index (Phi) is 8.64. The highest BCUT2D eigenvalue weighted by Crippen LogP contribution is 2.39. The normalized spacial score (nSPS) is 12.7. The van der Waals surface area contributed by atoms with Crippen LogP contribution in [0.3, 0.4) is 0 Å². The molecule has 0 bridgehead atoms. The Bertz CT molecular complexity index is 1470. The molecule has 0 saturated heterocycles. The molecule has 0 radical (unpaired) electrons. The molecule has 1 atom stereocenters. The number of amides is 1. The molecule has 214 valence electrons. The first-order valence-corrected chi connectivity index (χ1v) is 17.2. The number of fused-ring (bicyclic) bond motifs is 1. The van der Waals surface area contributed by atoms with Crippen LogP contribution in [0.15, 0.2) is 42.9 Å². The SMILES string of the molecule is COc1cc(-c2c(C(C)C)c(-c3ccc([C@H](C)N(C)C(=O)O)cc3)nn2COCC[Si](C)(C)C)cn2ncnc12. The van der Waals surface area contributed by atoms with Gasteiger partial charge in [0.25, 0.3) is 0 Å². The molecule has 10 nitrogen and oxygen atoms in total. The molecule has 3 heterocycles. The van der Waals surface area contributed by atoms with E-state index >= 15 is 0 Å². The first kappa shape index (κ1) is 29.3. The average molecular weight is 565 g/mol. The van der Waals surface area contributed by atoms with E-state index in [1.54, 1.807) is 18.7 Å². The Morgan fingerprint density at radius 1 is 1.12 bits per heavy atom. The lowest BCUT2D eigenvalue weighted by atomic mass is 9.93. The van der Waals surface area contributed by atoms with Crippen LogP contribution in [0.5, 0.6) is 5.75 Å². The summed E-state index contributed by atoms with van der Waals surface area (Å²) in [6.07, 6.45) is 2.50. The lowest BCUT2D eigenvalue weighted by Gasteiger charge is -2.22. The van der Waals surface area contributed by atoms with Crippen LogP contribution >= 0.6 is 0 Å². The molecule has 40 heavy (non-hydrogen) atoms. The summed E-state index contributed by atoms with van der Waals surface area (Å²) >= 11 is 0. The van der Waals surface area contributed by atoms with Gasteiger partial charge in [0.05, 0.1) is 24.5 Å². The Morgan fingerprint density at radius 3 is 2.42 bits per heavy atom. The predicted octanol–water partition coefficient (Wildman–Crippen LogP) is 6.37. The van der Waals surface area contributed by atoms with Gasteiger partial charge in [-0.25, -0.2) is 19.0 Å². The van der Waals surface area contributed by atoms with Crippen molar-refractivity contribution in [2.75, 3.05) is 20.8 Å². The zero-order chi connectivity index (χ0) is 29.2. The van der Waals surface area contributed by atoms with Crippen molar-refractivity contribution < 1.29 is 19.4 Å². The third-order valence-electron chi connectivity index (χ3n) is 7.16. The number of benzene rings is 1. The molecule has 0 fully saturated rings. The molecule has 1 amide bonds. The predicted molar refractivity (Wildman–Crippen MR) is 159 cm³/mol. The topological polar surface area (TPSA) is 107 Å². The molecule has 0 aliphatic carbocycles. The zero-order valence-electron chi connectivity index (χ0n) is 24.7. The molecule has 4 aromatic rings. The van der Waals surface area contributed by atoms with Gasteiger partial charge in [-0.2, -0.15) is 10.2 Å². The summed E-state index contributed by atoms with van der Waals surface area (Å²) in [5.74, 6) is 0.773. The van der Waals surface area contributed by atoms with Crippen LogP contribution in [0.1, 0.15) is 43.9 Å². The molecule has 3 aromatic heterocycles. The number of carboxylic acid groups (broad SMARTS) is 1. The summed E-state index contributed by atoms with van der Waals surface area (Å²) in [6, 6.07) is 10.7. The molecule has 11 heteroatoms. The van der Waals surface area contributed by atoms with E-state index in [2.05, 4.69) is 43.6 Å². The van der Waals surface area contributed by atoms with Gasteiger partial charge >= 0.3 is 6.09 Å². The molecule has 0 saturated carbocycles. The fourth-order valence-corrected chi connectivity index (χ4v) is 5.40. The highest BCUT2D eigenvalue weighted by molar-refractivity contribution is 6.76. The van der Waals surface area contributed by atoms with Gasteiger partial charge in [-0.3, -0.25) is 0 Å². The van der Waals surface area contributed by atoms with Crippen molar-refractivity contribution in [1.29, 1.82) is 0 Å². The third-order valence-corrected chi connectivity index (χ3v) is 8.86. The third kappa shape index (κ3) is 6.20. The summed E-state index contributed by atoms with van der Waals surface area (Å²) in [5, 5.41) is 18.8. The fourth-order valence-electron chi connectivity index (χ4n) is 4.65. The maximum Gasteiger partial charge on any atom is 0.407 e. The second kappa shape index (κ2) is 11.8. The highest BCUT2D eigenvalue weighted by atomic mass is 28.3. The molecule has 1 aromatic carbocycles. The summed E-state index contributed by atoms with van der Waals surface area (Å²) in [6.45, 7) is 14.2. The molecular weight excluding hydrogens is 524 g/mol. The number of nitrogens with zero attached hydrogens (tertiary/aromatic N) is 6. The van der Waals surface area contributed by atoms with Gasteiger partial charge in [0.2, 0.25) is 0 Å². The van der Waals surface area contributed by atoms with E-state index in [1.807, 2.05) is 48.1 Å². The lowest BCUT2D eigenvalue weighted by Crippen LogP contribution is -2.27. The van der Waals surface area contributed by atoms with Crippen molar-refractivity contribution in [3.8, 4) is 28.3 Å². The standard InChI is InChI=1S/C29H40N6O4Si/c1-19(2)25-26(22-11-9-21(10-12-22)20(3)33(4)29(36)37)32-35(18-39-13-14-40(6,7)8)27(25)23-15-24(38-5)28-30-17-31-34(28)16-23/h9-12,15-17,19-20H,13-14,18H2,1-8H3,(H,36,37)/t20-/m0/s1. The van der Waals surface area contributed by atoms with E-state index in [0.717, 1.165) is 39.7 Å². The number of rotatable bonds is 11. The first-order valence-electron chi connectivity index (χ1n) is 13.5. The Morgan fingerprint density at radius 2 is 1.82 bits per heavy atom. The number of aromatic nitrogens is 5. The van der Waals surface area contributed by atoms with Crippen LogP contribution in [0, 0.1) is 0 Å². The second-order valence-electron chi connectivity index (χ2n) is 11.6. The average Bonchev–Trinajstić information content (AvgIpc) is 3.54. The molecule has 0 unspecified atom stereocenters. The minimum atomic E-state index is -1.24. The number of ether oxygens (including phenoxy) is 2. The first-order chi connectivity index (χ1) is 18.9. The van der Waals surface area contributed by atoms with Gasteiger partial charge in [-0.15, -0.1) is 0 Å². The van der Waals surface area contributed by atoms with Crippen molar-refractivity contribution in [1.82, 2.24) is 29.3 Å². The maximum absolute atomic E-state index is 11.5. The minimum Gasteiger partial charge on any atom is -0.493 e. The van der Waals surface area contributed by atoms with Crippen molar-refractivity contribution in [3.05, 3.63) is 54.0 Å². The van der Waals surface area contributed by atoms with Gasteiger partial charge in [0, 0.05) is 44.6 Å². The van der Waals surface area contributed by atoms with E-state index in [0.29, 0.717) is 24.7 Å². The van der Waals surface area contributed by atoms with Crippen LogP contribution in [0.25, 0.3) is 28.2 Å². The quantitative estimate of drug-likeness (QED) is 0.166. The number of hydrogen-bond donors (Lipinski definition) is 1. The molecule has 0 spiro atoms. The monoisotopic (exact) mass is 564 g/mol. The summed E-state index contributed by atoms with van der Waals surface area (Å²) in [4.78, 5) is 17.1. The van der Waals surface area contributed by atoms with Gasteiger partial charge in [0.15, 0.2) is 11.4 Å². The van der Waals surface area contributed by atoms with E-state index in [1.165, 1.54) is 11.2 Å². The van der Waals surface area contributed by atoms with Gasteiger partial charge in [0.1, 0.15) is 13.1 Å². The highest BCUT2D eigenvalue weighted by Gasteiger charge is 2.25. The zero-order valence-corrected chi connectivity index (χ0v) is 25.7. The van der Waals surface area contributed by atoms with E-state index in [-0.39, 0.29) is 12.0 Å². The Balaban J connectivity index is 1.82. The number of pyridine rings is 1. The fraction of sp³-hybridized carbons (Fsp3) is 0.448. The summed E-state index contributed by atoms with van der Waals surface area (Å²) < 4.78 is 15.5. The van der Waals surface area contributed by atoms with Crippen molar-refractivity contribution in [3.63, 3.8) is 0 Å². The number of carbonyl (C=O) groups is 1. The summed E-state index contributed by atoms with van der Waals surface area (Å²) in [5.41, 5.74) is 6.30. The van der Waals surface area contributed by atoms with Gasteiger partial charge < -0.3 is 19.5 Å². The van der Waals surface area contributed by atoms with E-state index in [9.17, 15) is 9.90 Å². The second-order valence-corrected chi connectivity index (χ2v) is 17.3. The smallest absolute Gasteiger partial charge is 0.407 e. The van der Waals surface area contributed by atoms with Crippen molar-refractivity contribution in [2.24, 2.45) is 0 Å². The number of hydrogen-bond acceptors (Lipinski definition) is 6. The van der Waals surface area contributed by atoms with E-state index in [4.69, 9.17) is 14.6 Å². The molecular formula is C29H40N6O4Si. The Hall–Kier alpha value is -3.70. The lowest BCUT2D eigenvalue weighted by molar-refractivity contribution is 0.0799. The largest absolute Gasteiger partial charge is 0.493 e. The minimum absolute atomic E-state index is 0.148. The van der Waals surface area contributed by atoms with Crippen LogP contribution in [0.2, 0.25) is 25.7 Å².